The Labute approximate surface area is 240 Å². The van der Waals surface area contributed by atoms with Crippen LogP contribution in [0.1, 0.15) is 27.9 Å². The van der Waals surface area contributed by atoms with Crippen molar-refractivity contribution in [2.24, 2.45) is 0 Å². The van der Waals surface area contributed by atoms with Crippen molar-refractivity contribution in [1.82, 2.24) is 5.32 Å². The molecule has 1 heterocycles. The van der Waals surface area contributed by atoms with Crippen LogP contribution in [0.15, 0.2) is 60.7 Å². The van der Waals surface area contributed by atoms with E-state index in [9.17, 15) is 14.7 Å². The third-order valence-corrected chi connectivity index (χ3v) is 6.45. The van der Waals surface area contributed by atoms with Crippen molar-refractivity contribution < 1.29 is 58.5 Å². The zero-order valence-electron chi connectivity index (χ0n) is 19.8. The molecule has 1 unspecified atom stereocenters. The van der Waals surface area contributed by atoms with E-state index in [1.165, 1.54) is 18.2 Å². The number of carbonyl (C=O) groups is 2. The molecular formula is C26H22Cl2NNaO6. The van der Waals surface area contributed by atoms with Crippen molar-refractivity contribution in [2.45, 2.75) is 18.4 Å². The number of halogens is 2. The summed E-state index contributed by atoms with van der Waals surface area (Å²) in [5.41, 5.74) is -0.332. The van der Waals surface area contributed by atoms with E-state index in [-0.39, 0.29) is 59.3 Å². The van der Waals surface area contributed by atoms with E-state index >= 15 is 0 Å². The van der Waals surface area contributed by atoms with Crippen LogP contribution < -0.4 is 54.2 Å². The summed E-state index contributed by atoms with van der Waals surface area (Å²) in [5, 5.41) is 15.7. The molecule has 0 aliphatic carbocycles. The summed E-state index contributed by atoms with van der Waals surface area (Å²) < 4.78 is 16.8. The van der Waals surface area contributed by atoms with Gasteiger partial charge in [-0.25, -0.2) is 0 Å². The number of hydrogen-bond donors (Lipinski definition) is 1. The molecule has 10 heteroatoms. The number of carboxylic acid groups (broad SMARTS) is 1. The molecule has 1 N–H and O–H groups in total. The van der Waals surface area contributed by atoms with E-state index in [0.29, 0.717) is 40.6 Å². The summed E-state index contributed by atoms with van der Waals surface area (Å²) in [6.45, 7) is 0.457. The number of hydrogen-bond acceptors (Lipinski definition) is 6. The standard InChI is InChI=1S/C26H23Cl2NO6.Na/c1-33-21-8-4-6-19(27)17(21)11-13-29-24(30)16-9-10-23(20(28)15-16)35-26(25(31)32)12-14-34-22-7-3-2-5-18(22)26;/h2-10,15H,11-14H2,1H3,(H,29,30)(H,31,32);/q;+1/p-1. The number of carboxylic acids is 1. The summed E-state index contributed by atoms with van der Waals surface area (Å²) in [6, 6.07) is 16.5. The molecule has 0 spiro atoms. The number of ether oxygens (including phenoxy) is 3. The second kappa shape index (κ2) is 12.2. The van der Waals surface area contributed by atoms with Crippen LogP contribution in [0.25, 0.3) is 0 Å². The molecule has 36 heavy (non-hydrogen) atoms. The van der Waals surface area contributed by atoms with Crippen molar-refractivity contribution in [3.05, 3.63) is 87.4 Å². The van der Waals surface area contributed by atoms with Gasteiger partial charge in [0.1, 0.15) is 17.2 Å². The van der Waals surface area contributed by atoms with Crippen molar-refractivity contribution in [3.8, 4) is 17.2 Å². The monoisotopic (exact) mass is 537 g/mol. The number of carbonyl (C=O) groups excluding carboxylic acids is 2. The second-order valence-corrected chi connectivity index (χ2v) is 8.70. The number of fused-ring (bicyclic) bond motifs is 1. The molecule has 0 bridgehead atoms. The molecule has 0 aromatic heterocycles. The SMILES string of the molecule is COc1cccc(Cl)c1CCNC(=O)c1ccc(OC2(C(=O)[O-])CCOc3ccccc32)c(Cl)c1.[Na+]. The average Bonchev–Trinajstić information content (AvgIpc) is 2.86. The van der Waals surface area contributed by atoms with Crippen LogP contribution in [0.2, 0.25) is 10.0 Å². The minimum Gasteiger partial charge on any atom is -0.545 e. The van der Waals surface area contributed by atoms with Gasteiger partial charge in [0.15, 0.2) is 5.60 Å². The number of nitrogens with one attached hydrogen (secondary N) is 1. The quantitative estimate of drug-likeness (QED) is 0.426. The summed E-state index contributed by atoms with van der Waals surface area (Å²) in [4.78, 5) is 24.9. The Morgan fingerprint density at radius 2 is 1.83 bits per heavy atom. The van der Waals surface area contributed by atoms with Gasteiger partial charge in [0, 0.05) is 34.7 Å². The third kappa shape index (κ3) is 5.76. The van der Waals surface area contributed by atoms with Crippen molar-refractivity contribution in [1.29, 1.82) is 0 Å². The molecule has 3 aromatic carbocycles. The Morgan fingerprint density at radius 1 is 1.06 bits per heavy atom. The Morgan fingerprint density at radius 3 is 2.56 bits per heavy atom. The maximum Gasteiger partial charge on any atom is 1.00 e. The molecule has 0 saturated heterocycles. The van der Waals surface area contributed by atoms with E-state index in [4.69, 9.17) is 37.4 Å². The number of rotatable bonds is 8. The second-order valence-electron chi connectivity index (χ2n) is 7.88. The van der Waals surface area contributed by atoms with Crippen molar-refractivity contribution >= 4 is 35.1 Å². The van der Waals surface area contributed by atoms with Gasteiger partial charge in [-0.1, -0.05) is 47.5 Å². The molecule has 1 aliphatic rings. The van der Waals surface area contributed by atoms with Crippen LogP contribution in [0, 0.1) is 0 Å². The fraction of sp³-hybridized carbons (Fsp3) is 0.231. The molecule has 1 atom stereocenters. The van der Waals surface area contributed by atoms with Gasteiger partial charge in [-0.3, -0.25) is 4.79 Å². The molecule has 4 rings (SSSR count). The predicted molar refractivity (Wildman–Crippen MR) is 129 cm³/mol. The maximum absolute atomic E-state index is 12.7. The molecule has 7 nitrogen and oxygen atoms in total. The fourth-order valence-corrected chi connectivity index (χ4v) is 4.49. The number of amides is 1. The Bertz CT molecular complexity index is 1270. The minimum absolute atomic E-state index is 0. The van der Waals surface area contributed by atoms with E-state index < -0.39 is 11.6 Å². The summed E-state index contributed by atoms with van der Waals surface area (Å²) >= 11 is 12.6. The number of aliphatic carboxylic acids is 1. The van der Waals surface area contributed by atoms with Gasteiger partial charge in [-0.05, 0) is 42.8 Å². The van der Waals surface area contributed by atoms with Crippen LogP contribution in [0.3, 0.4) is 0 Å². The molecule has 1 amide bonds. The van der Waals surface area contributed by atoms with Gasteiger partial charge in [0.25, 0.3) is 5.91 Å². The van der Waals surface area contributed by atoms with Crippen molar-refractivity contribution in [2.75, 3.05) is 20.3 Å². The minimum atomic E-state index is -1.77. The number of benzene rings is 3. The van der Waals surface area contributed by atoms with E-state index in [1.807, 2.05) is 0 Å². The largest absolute Gasteiger partial charge is 1.00 e. The Hall–Kier alpha value is -2.42. The first kappa shape index (κ1) is 28.2. The first-order valence-electron chi connectivity index (χ1n) is 10.9. The predicted octanol–water partition coefficient (Wildman–Crippen LogP) is 0.785. The molecule has 1 aliphatic heterocycles. The summed E-state index contributed by atoms with van der Waals surface area (Å²) in [6.07, 6.45) is 0.509. The van der Waals surface area contributed by atoms with Gasteiger partial charge in [-0.15, -0.1) is 0 Å². The fourth-order valence-electron chi connectivity index (χ4n) is 4.01. The normalized spacial score (nSPS) is 16.1. The Balaban J connectivity index is 0.00000361. The number of methoxy groups -OCH3 is 1. The molecule has 0 fully saturated rings. The molecular weight excluding hydrogens is 516 g/mol. The van der Waals surface area contributed by atoms with Crippen molar-refractivity contribution in [3.63, 3.8) is 0 Å². The smallest absolute Gasteiger partial charge is 0.545 e. The van der Waals surface area contributed by atoms with E-state index in [2.05, 4.69) is 5.32 Å². The maximum atomic E-state index is 12.7. The molecule has 182 valence electrons. The zero-order chi connectivity index (χ0) is 25.0. The molecule has 0 radical (unpaired) electrons. The number of para-hydroxylation sites is 1. The topological polar surface area (TPSA) is 96.9 Å². The van der Waals surface area contributed by atoms with Gasteiger partial charge >= 0.3 is 29.6 Å². The van der Waals surface area contributed by atoms with E-state index in [1.54, 1.807) is 49.6 Å². The molecule has 0 saturated carbocycles. The summed E-state index contributed by atoms with van der Waals surface area (Å²) in [5.74, 6) is -0.584. The van der Waals surface area contributed by atoms with Crippen LogP contribution >= 0.6 is 23.2 Å². The summed E-state index contributed by atoms with van der Waals surface area (Å²) in [7, 11) is 1.56. The van der Waals surface area contributed by atoms with Crippen LogP contribution in [0.5, 0.6) is 17.2 Å². The van der Waals surface area contributed by atoms with Gasteiger partial charge < -0.3 is 29.4 Å². The Kier molecular flexibility index (Phi) is 9.55. The van der Waals surface area contributed by atoms with Gasteiger partial charge in [0.05, 0.1) is 24.7 Å². The van der Waals surface area contributed by atoms with Gasteiger partial charge in [-0.2, -0.15) is 0 Å². The average molecular weight is 538 g/mol. The first-order chi connectivity index (χ1) is 16.9. The van der Waals surface area contributed by atoms with Crippen LogP contribution in [-0.4, -0.2) is 32.1 Å². The van der Waals surface area contributed by atoms with E-state index in [0.717, 1.165) is 5.56 Å². The third-order valence-electron chi connectivity index (χ3n) is 5.80. The van der Waals surface area contributed by atoms with Crippen LogP contribution in [0.4, 0.5) is 0 Å². The van der Waals surface area contributed by atoms with Gasteiger partial charge in [0.2, 0.25) is 0 Å². The van der Waals surface area contributed by atoms with Crippen LogP contribution in [-0.2, 0) is 16.8 Å². The zero-order valence-corrected chi connectivity index (χ0v) is 23.3. The molecule has 3 aromatic rings. The first-order valence-corrected chi connectivity index (χ1v) is 11.6.